The minimum absolute atomic E-state index is 0.0617. The summed E-state index contributed by atoms with van der Waals surface area (Å²) < 4.78 is 10.8. The van der Waals surface area contributed by atoms with Crippen molar-refractivity contribution in [2.45, 2.75) is 19.9 Å². The fourth-order valence-corrected chi connectivity index (χ4v) is 2.41. The molecule has 0 unspecified atom stereocenters. The first-order valence-corrected chi connectivity index (χ1v) is 9.32. The van der Waals surface area contributed by atoms with E-state index in [1.54, 1.807) is 36.4 Å². The Labute approximate surface area is 165 Å². The zero-order valence-corrected chi connectivity index (χ0v) is 16.1. The first kappa shape index (κ1) is 21.2. The third-order valence-electron chi connectivity index (χ3n) is 3.92. The van der Waals surface area contributed by atoms with E-state index >= 15 is 0 Å². The molecule has 7 nitrogen and oxygen atoms in total. The Morgan fingerprint density at radius 2 is 1.50 bits per heavy atom. The molecule has 28 heavy (non-hydrogen) atoms. The normalized spacial score (nSPS) is 10.2. The number of nitrogens with two attached hydrogens (primary N) is 1. The molecule has 0 aliphatic rings. The Balaban J connectivity index is 1.58. The molecule has 7 heteroatoms. The van der Waals surface area contributed by atoms with Crippen molar-refractivity contribution in [1.82, 2.24) is 10.6 Å². The van der Waals surface area contributed by atoms with Gasteiger partial charge in [-0.3, -0.25) is 9.59 Å². The minimum Gasteiger partial charge on any atom is -0.494 e. The maximum Gasteiger partial charge on any atom is 0.257 e. The van der Waals surface area contributed by atoms with Crippen molar-refractivity contribution in [3.63, 3.8) is 0 Å². The predicted molar refractivity (Wildman–Crippen MR) is 107 cm³/mol. The third-order valence-corrected chi connectivity index (χ3v) is 3.92. The van der Waals surface area contributed by atoms with Gasteiger partial charge >= 0.3 is 0 Å². The van der Waals surface area contributed by atoms with E-state index in [2.05, 4.69) is 10.6 Å². The standard InChI is InChI=1S/C21H27N3O4/c1-2-27-18-8-10-19(11-9-18)28-15-20(25)23-12-3-13-24-21(26)17-6-4-16(14-22)5-7-17/h4-11H,2-3,12-15,22H2,1H3,(H,23,25)(H,24,26). The zero-order chi connectivity index (χ0) is 20.2. The van der Waals surface area contributed by atoms with Crippen molar-refractivity contribution >= 4 is 11.8 Å². The van der Waals surface area contributed by atoms with E-state index in [4.69, 9.17) is 15.2 Å². The van der Waals surface area contributed by atoms with Crippen LogP contribution < -0.4 is 25.8 Å². The fourth-order valence-electron chi connectivity index (χ4n) is 2.41. The Morgan fingerprint density at radius 3 is 2.11 bits per heavy atom. The van der Waals surface area contributed by atoms with Crippen LogP contribution in [0.2, 0.25) is 0 Å². The van der Waals surface area contributed by atoms with Crippen LogP contribution in [0.4, 0.5) is 0 Å². The summed E-state index contributed by atoms with van der Waals surface area (Å²) in [7, 11) is 0. The van der Waals surface area contributed by atoms with Crippen LogP contribution in [-0.2, 0) is 11.3 Å². The van der Waals surface area contributed by atoms with E-state index in [1.165, 1.54) is 0 Å². The molecule has 2 aromatic carbocycles. The van der Waals surface area contributed by atoms with Crippen molar-refractivity contribution in [1.29, 1.82) is 0 Å². The Morgan fingerprint density at radius 1 is 0.893 bits per heavy atom. The Hall–Kier alpha value is -3.06. The van der Waals surface area contributed by atoms with E-state index in [0.29, 0.717) is 44.0 Å². The van der Waals surface area contributed by atoms with Crippen LogP contribution >= 0.6 is 0 Å². The molecule has 0 radical (unpaired) electrons. The molecule has 0 spiro atoms. The highest BCUT2D eigenvalue weighted by atomic mass is 16.5. The van der Waals surface area contributed by atoms with Gasteiger partial charge in [-0.25, -0.2) is 0 Å². The van der Waals surface area contributed by atoms with Gasteiger partial charge in [0, 0.05) is 25.2 Å². The molecular formula is C21H27N3O4. The first-order chi connectivity index (χ1) is 13.6. The maximum atomic E-state index is 12.0. The summed E-state index contributed by atoms with van der Waals surface area (Å²) in [5.41, 5.74) is 7.10. The van der Waals surface area contributed by atoms with Crippen LogP contribution in [0, 0.1) is 0 Å². The molecule has 2 rings (SSSR count). The topological polar surface area (TPSA) is 103 Å². The highest BCUT2D eigenvalue weighted by Gasteiger charge is 2.05. The van der Waals surface area contributed by atoms with Crippen molar-refractivity contribution < 1.29 is 19.1 Å². The first-order valence-electron chi connectivity index (χ1n) is 9.32. The maximum absolute atomic E-state index is 12.0. The van der Waals surface area contributed by atoms with Gasteiger partial charge in [-0.1, -0.05) is 12.1 Å². The zero-order valence-electron chi connectivity index (χ0n) is 16.1. The number of amides is 2. The molecule has 150 valence electrons. The second kappa shape index (κ2) is 11.6. The minimum atomic E-state index is -0.211. The largest absolute Gasteiger partial charge is 0.494 e. The van der Waals surface area contributed by atoms with E-state index in [1.807, 2.05) is 19.1 Å². The van der Waals surface area contributed by atoms with Gasteiger partial charge in [0.05, 0.1) is 6.61 Å². The molecule has 0 fully saturated rings. The van der Waals surface area contributed by atoms with Crippen molar-refractivity contribution in [3.05, 3.63) is 59.7 Å². The molecule has 0 aliphatic carbocycles. The highest BCUT2D eigenvalue weighted by Crippen LogP contribution is 2.17. The molecule has 4 N–H and O–H groups in total. The number of nitrogens with one attached hydrogen (secondary N) is 2. The van der Waals surface area contributed by atoms with Gasteiger partial charge in [-0.15, -0.1) is 0 Å². The van der Waals surface area contributed by atoms with Gasteiger partial charge in [0.25, 0.3) is 11.8 Å². The van der Waals surface area contributed by atoms with Gasteiger partial charge in [0.2, 0.25) is 0 Å². The van der Waals surface area contributed by atoms with Crippen LogP contribution in [0.1, 0.15) is 29.3 Å². The lowest BCUT2D eigenvalue weighted by Gasteiger charge is -2.09. The number of hydrogen-bond acceptors (Lipinski definition) is 5. The van der Waals surface area contributed by atoms with Gasteiger partial charge < -0.3 is 25.8 Å². The molecule has 0 heterocycles. The average molecular weight is 385 g/mol. The summed E-state index contributed by atoms with van der Waals surface area (Å²) in [6.07, 6.45) is 0.626. The van der Waals surface area contributed by atoms with Crippen LogP contribution in [0.15, 0.2) is 48.5 Å². The van der Waals surface area contributed by atoms with E-state index < -0.39 is 0 Å². The lowest BCUT2D eigenvalue weighted by Crippen LogP contribution is -2.32. The second-order valence-corrected chi connectivity index (χ2v) is 6.05. The third kappa shape index (κ3) is 7.28. The van der Waals surface area contributed by atoms with Crippen molar-refractivity contribution in [3.8, 4) is 11.5 Å². The lowest BCUT2D eigenvalue weighted by molar-refractivity contribution is -0.123. The van der Waals surface area contributed by atoms with E-state index in [0.717, 1.165) is 11.3 Å². The summed E-state index contributed by atoms with van der Waals surface area (Å²) in [5, 5.41) is 5.58. The average Bonchev–Trinajstić information content (AvgIpc) is 2.73. The van der Waals surface area contributed by atoms with Gasteiger partial charge in [-0.2, -0.15) is 0 Å². The van der Waals surface area contributed by atoms with Crippen LogP contribution in [0.5, 0.6) is 11.5 Å². The molecule has 0 saturated carbocycles. The summed E-state index contributed by atoms with van der Waals surface area (Å²) in [4.78, 5) is 23.8. The highest BCUT2D eigenvalue weighted by molar-refractivity contribution is 5.94. The molecule has 2 aromatic rings. The summed E-state index contributed by atoms with van der Waals surface area (Å²) in [6, 6.07) is 14.3. The van der Waals surface area contributed by atoms with Crippen molar-refractivity contribution in [2.75, 3.05) is 26.3 Å². The summed E-state index contributed by atoms with van der Waals surface area (Å²) in [5.74, 6) is 1.01. The number of hydrogen-bond donors (Lipinski definition) is 3. The lowest BCUT2D eigenvalue weighted by atomic mass is 10.1. The molecule has 0 atom stereocenters. The van der Waals surface area contributed by atoms with Gasteiger partial charge in [0.1, 0.15) is 11.5 Å². The van der Waals surface area contributed by atoms with Gasteiger partial charge in [-0.05, 0) is 55.3 Å². The van der Waals surface area contributed by atoms with Gasteiger partial charge in [0.15, 0.2) is 6.61 Å². The molecule has 0 saturated heterocycles. The fraction of sp³-hybridized carbons (Fsp3) is 0.333. The monoisotopic (exact) mass is 385 g/mol. The second-order valence-electron chi connectivity index (χ2n) is 6.05. The summed E-state index contributed by atoms with van der Waals surface area (Å²) >= 11 is 0. The number of ether oxygens (including phenoxy) is 2. The van der Waals surface area contributed by atoms with Crippen molar-refractivity contribution in [2.24, 2.45) is 5.73 Å². The van der Waals surface area contributed by atoms with E-state index in [-0.39, 0.29) is 18.4 Å². The Kier molecular flexibility index (Phi) is 8.81. The van der Waals surface area contributed by atoms with Crippen LogP contribution in [0.25, 0.3) is 0 Å². The molecular weight excluding hydrogens is 358 g/mol. The Bertz CT molecular complexity index is 745. The predicted octanol–water partition coefficient (Wildman–Crippen LogP) is 1.86. The number of benzene rings is 2. The number of rotatable bonds is 11. The molecule has 0 aromatic heterocycles. The SMILES string of the molecule is CCOc1ccc(OCC(=O)NCCCNC(=O)c2ccc(CN)cc2)cc1. The molecule has 2 amide bonds. The number of carbonyl (C=O) groups is 2. The van der Waals surface area contributed by atoms with Crippen LogP contribution in [0.3, 0.4) is 0 Å². The smallest absolute Gasteiger partial charge is 0.257 e. The quantitative estimate of drug-likeness (QED) is 0.513. The van der Waals surface area contributed by atoms with Crippen LogP contribution in [-0.4, -0.2) is 38.1 Å². The summed E-state index contributed by atoms with van der Waals surface area (Å²) in [6.45, 7) is 3.83. The molecule has 0 bridgehead atoms. The number of carbonyl (C=O) groups excluding carboxylic acids is 2. The van der Waals surface area contributed by atoms with E-state index in [9.17, 15) is 9.59 Å². The molecule has 0 aliphatic heterocycles.